The van der Waals surface area contributed by atoms with Crippen LogP contribution in [0.1, 0.15) is 31.0 Å². The lowest BCUT2D eigenvalue weighted by Crippen LogP contribution is -2.37. The molecule has 5 nitrogen and oxygen atoms in total. The SMILES string of the molecule is Cc1ccc(S(=O)(=O)N2[C@@H](c3ccccc3)C(C)(C)OS2=O)cc1. The summed E-state index contributed by atoms with van der Waals surface area (Å²) in [6, 6.07) is 14.9. The smallest absolute Gasteiger partial charge is 0.256 e. The van der Waals surface area contributed by atoms with E-state index in [2.05, 4.69) is 0 Å². The van der Waals surface area contributed by atoms with E-state index >= 15 is 0 Å². The van der Waals surface area contributed by atoms with Gasteiger partial charge in [0.05, 0.1) is 10.9 Å². The van der Waals surface area contributed by atoms with Gasteiger partial charge in [0.2, 0.25) is 0 Å². The van der Waals surface area contributed by atoms with E-state index in [4.69, 9.17) is 4.18 Å². The highest BCUT2D eigenvalue weighted by molar-refractivity contribution is 7.99. The third-order valence-corrected chi connectivity index (χ3v) is 7.56. The van der Waals surface area contributed by atoms with Gasteiger partial charge in [0, 0.05) is 0 Å². The van der Waals surface area contributed by atoms with Crippen molar-refractivity contribution < 1.29 is 16.8 Å². The fourth-order valence-electron chi connectivity index (χ4n) is 2.80. The summed E-state index contributed by atoms with van der Waals surface area (Å²) in [6.07, 6.45) is 0. The molecule has 0 radical (unpaired) electrons. The van der Waals surface area contributed by atoms with E-state index in [9.17, 15) is 12.6 Å². The van der Waals surface area contributed by atoms with Gasteiger partial charge in [-0.1, -0.05) is 51.7 Å². The molecular weight excluding hydrogens is 346 g/mol. The molecule has 1 unspecified atom stereocenters. The van der Waals surface area contributed by atoms with Crippen molar-refractivity contribution >= 4 is 21.3 Å². The lowest BCUT2D eigenvalue weighted by molar-refractivity contribution is 0.114. The van der Waals surface area contributed by atoms with Gasteiger partial charge < -0.3 is 0 Å². The molecule has 2 aromatic carbocycles. The average Bonchev–Trinajstić information content (AvgIpc) is 2.78. The Morgan fingerprint density at radius 3 is 2.21 bits per heavy atom. The zero-order valence-corrected chi connectivity index (χ0v) is 15.3. The third-order valence-electron chi connectivity index (χ3n) is 3.97. The third kappa shape index (κ3) is 2.93. The molecule has 128 valence electrons. The molecule has 24 heavy (non-hydrogen) atoms. The summed E-state index contributed by atoms with van der Waals surface area (Å²) in [5.41, 5.74) is 0.779. The van der Waals surface area contributed by atoms with Crippen molar-refractivity contribution in [2.24, 2.45) is 0 Å². The Hall–Kier alpha value is -1.54. The average molecular weight is 365 g/mol. The minimum absolute atomic E-state index is 0.101. The lowest BCUT2D eigenvalue weighted by atomic mass is 9.93. The molecule has 0 aliphatic carbocycles. The summed E-state index contributed by atoms with van der Waals surface area (Å²) in [5, 5.41) is 0. The maximum absolute atomic E-state index is 13.1. The highest BCUT2D eigenvalue weighted by Crippen LogP contribution is 2.45. The first-order valence-corrected chi connectivity index (χ1v) is 9.98. The lowest BCUT2D eigenvalue weighted by Gasteiger charge is -2.27. The quantitative estimate of drug-likeness (QED) is 0.838. The van der Waals surface area contributed by atoms with E-state index < -0.39 is 32.9 Å². The van der Waals surface area contributed by atoms with Crippen LogP contribution in [0, 0.1) is 6.92 Å². The van der Waals surface area contributed by atoms with Crippen molar-refractivity contribution in [1.82, 2.24) is 3.71 Å². The van der Waals surface area contributed by atoms with Crippen LogP contribution in [0.5, 0.6) is 0 Å². The van der Waals surface area contributed by atoms with E-state index in [1.807, 2.05) is 37.3 Å². The highest BCUT2D eigenvalue weighted by Gasteiger charge is 2.53. The van der Waals surface area contributed by atoms with Crippen LogP contribution in [0.3, 0.4) is 0 Å². The monoisotopic (exact) mass is 365 g/mol. The molecule has 1 heterocycles. The van der Waals surface area contributed by atoms with Crippen LogP contribution in [-0.2, 0) is 25.5 Å². The van der Waals surface area contributed by atoms with Crippen molar-refractivity contribution in [2.45, 2.75) is 37.3 Å². The number of hydrogen-bond acceptors (Lipinski definition) is 4. The van der Waals surface area contributed by atoms with Crippen molar-refractivity contribution in [3.8, 4) is 0 Å². The molecule has 1 aliphatic heterocycles. The number of rotatable bonds is 3. The predicted molar refractivity (Wildman–Crippen MR) is 92.7 cm³/mol. The summed E-state index contributed by atoms with van der Waals surface area (Å²) in [7, 11) is -3.96. The van der Waals surface area contributed by atoms with Gasteiger partial charge in [0.25, 0.3) is 21.3 Å². The van der Waals surface area contributed by atoms with Crippen molar-refractivity contribution in [3.63, 3.8) is 0 Å². The molecule has 2 aromatic rings. The molecule has 0 spiro atoms. The largest absolute Gasteiger partial charge is 0.269 e. The van der Waals surface area contributed by atoms with E-state index in [1.54, 1.807) is 26.0 Å². The first-order valence-electron chi connectivity index (χ1n) is 7.51. The molecule has 1 fully saturated rings. The van der Waals surface area contributed by atoms with Gasteiger partial charge in [-0.3, -0.25) is 4.18 Å². The molecule has 0 saturated carbocycles. The minimum Gasteiger partial charge on any atom is -0.269 e. The van der Waals surface area contributed by atoms with E-state index in [0.29, 0.717) is 0 Å². The van der Waals surface area contributed by atoms with Gasteiger partial charge >= 0.3 is 0 Å². The molecule has 0 N–H and O–H groups in total. The number of aryl methyl sites for hydroxylation is 1. The van der Waals surface area contributed by atoms with E-state index in [-0.39, 0.29) is 4.90 Å². The van der Waals surface area contributed by atoms with Crippen LogP contribution in [-0.4, -0.2) is 21.9 Å². The van der Waals surface area contributed by atoms with Gasteiger partial charge in [0.15, 0.2) is 0 Å². The standard InChI is InChI=1S/C17H19NO4S2/c1-13-9-11-15(12-10-13)24(20,21)18-16(14-7-5-4-6-8-14)17(2,3)22-23(18)19/h4-12,16H,1-3H3/t16-,23?/m0/s1. The van der Waals surface area contributed by atoms with Crippen LogP contribution in [0.2, 0.25) is 0 Å². The second kappa shape index (κ2) is 6.07. The highest BCUT2D eigenvalue weighted by atomic mass is 32.3. The topological polar surface area (TPSA) is 63.7 Å². The molecule has 7 heteroatoms. The Labute approximate surface area is 145 Å². The Bertz CT molecular complexity index is 861. The number of sulfonamides is 1. The molecule has 2 atom stereocenters. The van der Waals surface area contributed by atoms with Gasteiger partial charge in [-0.05, 0) is 38.5 Å². The Morgan fingerprint density at radius 1 is 1.04 bits per heavy atom. The summed E-state index contributed by atoms with van der Waals surface area (Å²) in [6.45, 7) is 5.36. The van der Waals surface area contributed by atoms with Gasteiger partial charge in [-0.15, -0.1) is 0 Å². The van der Waals surface area contributed by atoms with Crippen LogP contribution in [0.15, 0.2) is 59.5 Å². The fourth-order valence-corrected chi connectivity index (χ4v) is 6.21. The molecule has 0 aromatic heterocycles. The molecule has 3 rings (SSSR count). The second-order valence-electron chi connectivity index (χ2n) is 6.29. The first-order chi connectivity index (χ1) is 11.2. The molecule has 1 aliphatic rings. The van der Waals surface area contributed by atoms with Crippen molar-refractivity contribution in [3.05, 3.63) is 65.7 Å². The van der Waals surface area contributed by atoms with Crippen molar-refractivity contribution in [2.75, 3.05) is 0 Å². The Morgan fingerprint density at radius 2 is 1.62 bits per heavy atom. The molecule has 0 bridgehead atoms. The predicted octanol–water partition coefficient (Wildman–Crippen LogP) is 3.11. The maximum atomic E-state index is 13.1. The van der Waals surface area contributed by atoms with E-state index in [0.717, 1.165) is 14.8 Å². The van der Waals surface area contributed by atoms with E-state index in [1.165, 1.54) is 12.1 Å². The fraction of sp³-hybridized carbons (Fsp3) is 0.294. The van der Waals surface area contributed by atoms with Crippen LogP contribution < -0.4 is 0 Å². The summed E-state index contributed by atoms with van der Waals surface area (Å²) in [5.74, 6) is 0. The maximum Gasteiger partial charge on any atom is 0.256 e. The minimum atomic E-state index is -3.96. The first kappa shape index (κ1) is 17.3. The molecular formula is C17H19NO4S2. The number of nitrogens with zero attached hydrogens (tertiary/aromatic N) is 1. The van der Waals surface area contributed by atoms with Gasteiger partial charge in [0.1, 0.15) is 5.60 Å². The Balaban J connectivity index is 2.13. The second-order valence-corrected chi connectivity index (χ2v) is 9.33. The molecule has 1 saturated heterocycles. The normalized spacial score (nSPS) is 24.1. The number of hydrogen-bond donors (Lipinski definition) is 0. The van der Waals surface area contributed by atoms with Gasteiger partial charge in [-0.2, -0.15) is 0 Å². The summed E-state index contributed by atoms with van der Waals surface area (Å²) >= 11 is -2.09. The molecule has 0 amide bonds. The Kier molecular flexibility index (Phi) is 4.37. The van der Waals surface area contributed by atoms with Gasteiger partial charge in [-0.25, -0.2) is 12.6 Å². The number of benzene rings is 2. The van der Waals surface area contributed by atoms with Crippen LogP contribution in [0.4, 0.5) is 0 Å². The zero-order chi connectivity index (χ0) is 17.5. The zero-order valence-electron chi connectivity index (χ0n) is 13.7. The summed E-state index contributed by atoms with van der Waals surface area (Å²) < 4.78 is 45.1. The van der Waals surface area contributed by atoms with Crippen LogP contribution >= 0.6 is 0 Å². The van der Waals surface area contributed by atoms with Crippen LogP contribution in [0.25, 0.3) is 0 Å². The van der Waals surface area contributed by atoms with Crippen molar-refractivity contribution in [1.29, 1.82) is 0 Å². The summed E-state index contributed by atoms with van der Waals surface area (Å²) in [4.78, 5) is 0.101.